The smallest absolute Gasteiger partial charge is 0.101 e. The van der Waals surface area contributed by atoms with E-state index in [1.807, 2.05) is 0 Å². The summed E-state index contributed by atoms with van der Waals surface area (Å²) < 4.78 is 0. The lowest BCUT2D eigenvalue weighted by Crippen LogP contribution is -2.19. The van der Waals surface area contributed by atoms with Gasteiger partial charge in [0.2, 0.25) is 0 Å². The van der Waals surface area contributed by atoms with Crippen molar-refractivity contribution < 1.29 is 0 Å². The van der Waals surface area contributed by atoms with Gasteiger partial charge in [-0.1, -0.05) is 19.8 Å². The highest BCUT2D eigenvalue weighted by Crippen LogP contribution is 2.34. The van der Waals surface area contributed by atoms with Crippen molar-refractivity contribution in [2.45, 2.75) is 38.6 Å². The highest BCUT2D eigenvalue weighted by atomic mass is 14.9. The van der Waals surface area contributed by atoms with Gasteiger partial charge >= 0.3 is 0 Å². The second kappa shape index (κ2) is 4.98. The average molecular weight is 215 g/mol. The van der Waals surface area contributed by atoms with E-state index in [0.717, 1.165) is 18.0 Å². The monoisotopic (exact) mass is 215 g/mol. The molecule has 0 radical (unpaired) electrons. The van der Waals surface area contributed by atoms with Crippen LogP contribution in [0.2, 0.25) is 0 Å². The molecule has 0 saturated heterocycles. The van der Waals surface area contributed by atoms with Crippen molar-refractivity contribution >= 4 is 5.69 Å². The Morgan fingerprint density at radius 3 is 3.06 bits per heavy atom. The van der Waals surface area contributed by atoms with Crippen LogP contribution in [0.3, 0.4) is 0 Å². The zero-order chi connectivity index (χ0) is 11.4. The maximum atomic E-state index is 8.98. The second-order valence-electron chi connectivity index (χ2n) is 4.46. The Morgan fingerprint density at radius 1 is 1.62 bits per heavy atom. The fourth-order valence-electron chi connectivity index (χ4n) is 1.91. The number of hydrogen-bond acceptors (Lipinski definition) is 3. The van der Waals surface area contributed by atoms with Crippen LogP contribution in [0.1, 0.15) is 38.2 Å². The molecule has 3 heteroatoms. The molecule has 0 bridgehead atoms. The van der Waals surface area contributed by atoms with Crippen LogP contribution in [0.15, 0.2) is 18.5 Å². The third kappa shape index (κ3) is 2.73. The van der Waals surface area contributed by atoms with Gasteiger partial charge in [0.1, 0.15) is 6.07 Å². The molecular weight excluding hydrogens is 198 g/mol. The lowest BCUT2D eigenvalue weighted by molar-refractivity contribution is 0.586. The lowest BCUT2D eigenvalue weighted by atomic mass is 10.1. The van der Waals surface area contributed by atoms with Gasteiger partial charge in [-0.15, -0.1) is 0 Å². The van der Waals surface area contributed by atoms with Gasteiger partial charge in [-0.25, -0.2) is 0 Å². The Kier molecular flexibility index (Phi) is 3.40. The summed E-state index contributed by atoms with van der Waals surface area (Å²) in [5, 5.41) is 12.4. The molecule has 1 heterocycles. The van der Waals surface area contributed by atoms with Gasteiger partial charge < -0.3 is 5.32 Å². The largest absolute Gasteiger partial charge is 0.380 e. The van der Waals surface area contributed by atoms with E-state index in [1.54, 1.807) is 18.5 Å². The fourth-order valence-corrected chi connectivity index (χ4v) is 1.91. The molecule has 1 aliphatic rings. The van der Waals surface area contributed by atoms with Crippen molar-refractivity contribution in [3.63, 3.8) is 0 Å². The number of rotatable bonds is 5. The molecule has 1 fully saturated rings. The number of nitrogens with zero attached hydrogens (tertiary/aromatic N) is 2. The molecule has 1 aliphatic carbocycles. The molecule has 1 N–H and O–H groups in total. The Labute approximate surface area is 96.5 Å². The summed E-state index contributed by atoms with van der Waals surface area (Å²) in [5.74, 6) is 0.902. The highest BCUT2D eigenvalue weighted by molar-refractivity contribution is 5.55. The standard InChI is InChI=1S/C13H17N3/c1-2-12(7-10-3-4-10)16-13-9-15-6-5-11(13)8-14/h5-6,9-10,12,16H,2-4,7H2,1H3. The highest BCUT2D eigenvalue weighted by Gasteiger charge is 2.24. The molecule has 1 aromatic heterocycles. The van der Waals surface area contributed by atoms with Crippen molar-refractivity contribution in [1.82, 2.24) is 4.98 Å². The Balaban J connectivity index is 2.02. The summed E-state index contributed by atoms with van der Waals surface area (Å²) in [7, 11) is 0. The van der Waals surface area contributed by atoms with E-state index in [-0.39, 0.29) is 0 Å². The molecule has 3 nitrogen and oxygen atoms in total. The van der Waals surface area contributed by atoms with Crippen LogP contribution in [-0.2, 0) is 0 Å². The van der Waals surface area contributed by atoms with Gasteiger partial charge in [0.25, 0.3) is 0 Å². The first-order valence-corrected chi connectivity index (χ1v) is 5.94. The Hall–Kier alpha value is -1.56. The van der Waals surface area contributed by atoms with Crippen LogP contribution >= 0.6 is 0 Å². The van der Waals surface area contributed by atoms with E-state index in [1.165, 1.54) is 19.3 Å². The molecule has 2 rings (SSSR count). The normalized spacial score (nSPS) is 16.5. The van der Waals surface area contributed by atoms with Crippen molar-refractivity contribution in [2.75, 3.05) is 5.32 Å². The molecule has 0 spiro atoms. The number of anilines is 1. The van der Waals surface area contributed by atoms with Gasteiger partial charge in [0, 0.05) is 12.2 Å². The van der Waals surface area contributed by atoms with Gasteiger partial charge in [-0.3, -0.25) is 4.98 Å². The quantitative estimate of drug-likeness (QED) is 0.821. The van der Waals surface area contributed by atoms with Crippen LogP contribution in [0.4, 0.5) is 5.69 Å². The minimum atomic E-state index is 0.476. The number of nitrogens with one attached hydrogen (secondary N) is 1. The maximum Gasteiger partial charge on any atom is 0.101 e. The van der Waals surface area contributed by atoms with Crippen LogP contribution in [0.25, 0.3) is 0 Å². The molecule has 1 atom stereocenters. The number of nitriles is 1. The molecule has 0 aromatic carbocycles. The van der Waals surface area contributed by atoms with E-state index >= 15 is 0 Å². The third-order valence-corrected chi connectivity index (χ3v) is 3.11. The SMILES string of the molecule is CCC(CC1CC1)Nc1cnccc1C#N. The topological polar surface area (TPSA) is 48.7 Å². The predicted molar refractivity (Wildman–Crippen MR) is 64.0 cm³/mol. The summed E-state index contributed by atoms with van der Waals surface area (Å²) in [5.41, 5.74) is 1.56. The average Bonchev–Trinajstić information content (AvgIpc) is 3.13. The summed E-state index contributed by atoms with van der Waals surface area (Å²) in [6, 6.07) is 4.42. The number of hydrogen-bond donors (Lipinski definition) is 1. The number of aromatic nitrogens is 1. The van der Waals surface area contributed by atoms with Gasteiger partial charge in [0.15, 0.2) is 0 Å². The van der Waals surface area contributed by atoms with Crippen molar-refractivity contribution in [3.8, 4) is 6.07 Å². The van der Waals surface area contributed by atoms with Crippen molar-refractivity contribution in [1.29, 1.82) is 5.26 Å². The maximum absolute atomic E-state index is 8.98. The van der Waals surface area contributed by atoms with Gasteiger partial charge in [-0.2, -0.15) is 5.26 Å². The van der Waals surface area contributed by atoms with E-state index in [9.17, 15) is 0 Å². The molecule has 16 heavy (non-hydrogen) atoms. The van der Waals surface area contributed by atoms with Crippen LogP contribution in [0, 0.1) is 17.2 Å². The number of pyridine rings is 1. The van der Waals surface area contributed by atoms with E-state index < -0.39 is 0 Å². The van der Waals surface area contributed by atoms with E-state index in [0.29, 0.717) is 11.6 Å². The Morgan fingerprint density at radius 2 is 2.44 bits per heavy atom. The summed E-state index contributed by atoms with van der Waals surface area (Å²) in [6.07, 6.45) is 8.46. The summed E-state index contributed by atoms with van der Waals surface area (Å²) in [6.45, 7) is 2.18. The van der Waals surface area contributed by atoms with Crippen molar-refractivity contribution in [2.24, 2.45) is 5.92 Å². The fraction of sp³-hybridized carbons (Fsp3) is 0.538. The molecule has 84 valence electrons. The summed E-state index contributed by atoms with van der Waals surface area (Å²) in [4.78, 5) is 4.06. The van der Waals surface area contributed by atoms with Crippen LogP contribution < -0.4 is 5.32 Å². The summed E-state index contributed by atoms with van der Waals surface area (Å²) >= 11 is 0. The molecular formula is C13H17N3. The van der Waals surface area contributed by atoms with Crippen LogP contribution in [-0.4, -0.2) is 11.0 Å². The molecule has 0 aliphatic heterocycles. The first-order valence-electron chi connectivity index (χ1n) is 5.94. The van der Waals surface area contributed by atoms with Crippen LogP contribution in [0.5, 0.6) is 0 Å². The molecule has 0 amide bonds. The predicted octanol–water partition coefficient (Wildman–Crippen LogP) is 2.94. The first-order chi connectivity index (χ1) is 7.83. The second-order valence-corrected chi connectivity index (χ2v) is 4.46. The van der Waals surface area contributed by atoms with Gasteiger partial charge in [-0.05, 0) is 24.8 Å². The van der Waals surface area contributed by atoms with E-state index in [4.69, 9.17) is 5.26 Å². The minimum absolute atomic E-state index is 0.476. The zero-order valence-electron chi connectivity index (χ0n) is 9.61. The Bertz CT molecular complexity index is 390. The molecule has 1 saturated carbocycles. The lowest BCUT2D eigenvalue weighted by Gasteiger charge is -2.18. The minimum Gasteiger partial charge on any atom is -0.380 e. The molecule has 1 unspecified atom stereocenters. The molecule has 1 aromatic rings. The first kappa shape index (κ1) is 10.9. The van der Waals surface area contributed by atoms with Gasteiger partial charge in [0.05, 0.1) is 17.4 Å². The van der Waals surface area contributed by atoms with E-state index in [2.05, 4.69) is 23.3 Å². The zero-order valence-corrected chi connectivity index (χ0v) is 9.61. The third-order valence-electron chi connectivity index (χ3n) is 3.11. The van der Waals surface area contributed by atoms with Crippen molar-refractivity contribution in [3.05, 3.63) is 24.0 Å².